The van der Waals surface area contributed by atoms with Gasteiger partial charge in [-0.15, -0.1) is 11.3 Å². The maximum absolute atomic E-state index is 12.1. The van der Waals surface area contributed by atoms with Gasteiger partial charge in [0, 0.05) is 19.8 Å². The number of halogens is 2. The lowest BCUT2D eigenvalue weighted by Crippen LogP contribution is -2.22. The first-order valence-corrected chi connectivity index (χ1v) is 9.02. The lowest BCUT2D eigenvalue weighted by molar-refractivity contribution is 0.102. The minimum atomic E-state index is -3.57. The maximum Gasteiger partial charge on any atom is 0.258 e. The van der Waals surface area contributed by atoms with Crippen LogP contribution in [0.2, 0.25) is 8.67 Å². The average molecular weight is 379 g/mol. The molecule has 0 saturated heterocycles. The summed E-state index contributed by atoms with van der Waals surface area (Å²) in [5.41, 5.74) is 0.601. The Morgan fingerprint density at radius 1 is 1.23 bits per heavy atom. The Balaban J connectivity index is 2.28. The summed E-state index contributed by atoms with van der Waals surface area (Å²) in [6, 6.07) is 7.45. The van der Waals surface area contributed by atoms with Crippen LogP contribution in [0.4, 0.5) is 5.69 Å². The van der Waals surface area contributed by atoms with Crippen molar-refractivity contribution in [2.75, 3.05) is 19.4 Å². The van der Waals surface area contributed by atoms with E-state index in [2.05, 4.69) is 5.32 Å². The highest BCUT2D eigenvalue weighted by molar-refractivity contribution is 7.89. The molecule has 1 N–H and O–H groups in total. The first-order chi connectivity index (χ1) is 10.2. The number of hydrogen-bond acceptors (Lipinski definition) is 4. The van der Waals surface area contributed by atoms with Crippen LogP contribution in [0.5, 0.6) is 0 Å². The molecule has 0 saturated carbocycles. The van der Waals surface area contributed by atoms with Gasteiger partial charge in [0.1, 0.15) is 4.34 Å². The highest BCUT2D eigenvalue weighted by atomic mass is 35.5. The van der Waals surface area contributed by atoms with Crippen LogP contribution in [0.3, 0.4) is 0 Å². The lowest BCUT2D eigenvalue weighted by atomic mass is 10.3. The molecule has 5 nitrogen and oxygen atoms in total. The second-order valence-electron chi connectivity index (χ2n) is 4.51. The van der Waals surface area contributed by atoms with Crippen LogP contribution in [0, 0.1) is 0 Å². The zero-order valence-corrected chi connectivity index (χ0v) is 14.8. The van der Waals surface area contributed by atoms with Gasteiger partial charge in [-0.1, -0.05) is 29.3 Å². The molecule has 0 aliphatic carbocycles. The van der Waals surface area contributed by atoms with E-state index in [1.165, 1.54) is 32.3 Å². The Labute approximate surface area is 142 Å². The number of nitrogens with zero attached hydrogens (tertiary/aromatic N) is 1. The molecule has 0 radical (unpaired) electrons. The SMILES string of the molecule is CN(C)S(=O)(=O)c1cccc(NC(=O)c2cc(Cl)sc2Cl)c1. The molecule has 1 amide bonds. The van der Waals surface area contributed by atoms with Crippen LogP contribution < -0.4 is 5.32 Å². The van der Waals surface area contributed by atoms with E-state index in [-0.39, 0.29) is 14.8 Å². The van der Waals surface area contributed by atoms with Gasteiger partial charge in [0.25, 0.3) is 5.91 Å². The standard InChI is InChI=1S/C13H12Cl2N2O3S2/c1-17(2)22(19,20)9-5-3-4-8(6-9)16-13(18)10-7-11(14)21-12(10)15/h3-7H,1-2H3,(H,16,18). The Hall–Kier alpha value is -1.12. The van der Waals surface area contributed by atoms with E-state index in [0.29, 0.717) is 10.0 Å². The van der Waals surface area contributed by atoms with Crippen molar-refractivity contribution in [2.45, 2.75) is 4.90 Å². The number of amides is 1. The Bertz CT molecular complexity index is 816. The average Bonchev–Trinajstić information content (AvgIpc) is 2.78. The summed E-state index contributed by atoms with van der Waals surface area (Å²) in [6.45, 7) is 0. The van der Waals surface area contributed by atoms with Crippen molar-refractivity contribution in [3.63, 3.8) is 0 Å². The zero-order chi connectivity index (χ0) is 16.5. The van der Waals surface area contributed by atoms with Gasteiger partial charge in [-0.25, -0.2) is 12.7 Å². The predicted octanol–water partition coefficient (Wildman–Crippen LogP) is 3.56. The first-order valence-electron chi connectivity index (χ1n) is 6.00. The Morgan fingerprint density at radius 3 is 2.45 bits per heavy atom. The highest BCUT2D eigenvalue weighted by Gasteiger charge is 2.19. The number of nitrogens with one attached hydrogen (secondary N) is 1. The van der Waals surface area contributed by atoms with Crippen molar-refractivity contribution in [3.8, 4) is 0 Å². The first kappa shape index (κ1) is 17.2. The number of rotatable bonds is 4. The van der Waals surface area contributed by atoms with Crippen molar-refractivity contribution >= 4 is 56.2 Å². The van der Waals surface area contributed by atoms with Crippen LogP contribution in [-0.2, 0) is 10.0 Å². The van der Waals surface area contributed by atoms with Crippen LogP contribution in [0.15, 0.2) is 35.2 Å². The van der Waals surface area contributed by atoms with Crippen LogP contribution in [-0.4, -0.2) is 32.7 Å². The van der Waals surface area contributed by atoms with E-state index in [1.807, 2.05) is 0 Å². The summed E-state index contributed by atoms with van der Waals surface area (Å²) in [5.74, 6) is -0.451. The summed E-state index contributed by atoms with van der Waals surface area (Å²) in [4.78, 5) is 12.2. The molecule has 22 heavy (non-hydrogen) atoms. The van der Waals surface area contributed by atoms with Gasteiger partial charge in [0.2, 0.25) is 10.0 Å². The number of sulfonamides is 1. The number of carbonyl (C=O) groups excluding carboxylic acids is 1. The van der Waals surface area contributed by atoms with Gasteiger partial charge in [-0.2, -0.15) is 0 Å². The molecule has 1 heterocycles. The van der Waals surface area contributed by atoms with Crippen molar-refractivity contribution in [1.29, 1.82) is 0 Å². The summed E-state index contributed by atoms with van der Waals surface area (Å²) in [5, 5.41) is 2.61. The fourth-order valence-corrected chi connectivity index (χ4v) is 4.05. The van der Waals surface area contributed by atoms with E-state index in [0.717, 1.165) is 15.6 Å². The van der Waals surface area contributed by atoms with Gasteiger partial charge >= 0.3 is 0 Å². The van der Waals surface area contributed by atoms with E-state index >= 15 is 0 Å². The third-order valence-corrected chi connectivity index (χ3v) is 6.07. The van der Waals surface area contributed by atoms with Crippen molar-refractivity contribution in [2.24, 2.45) is 0 Å². The second kappa shape index (κ2) is 6.55. The van der Waals surface area contributed by atoms with Gasteiger partial charge in [0.15, 0.2) is 0 Å². The van der Waals surface area contributed by atoms with Crippen LogP contribution in [0.1, 0.15) is 10.4 Å². The van der Waals surface area contributed by atoms with Crippen molar-refractivity contribution in [1.82, 2.24) is 4.31 Å². The molecule has 0 aliphatic heterocycles. The van der Waals surface area contributed by atoms with Gasteiger partial charge in [0.05, 0.1) is 14.8 Å². The monoisotopic (exact) mass is 378 g/mol. The molecular weight excluding hydrogens is 367 g/mol. The lowest BCUT2D eigenvalue weighted by Gasteiger charge is -2.12. The molecule has 1 aromatic carbocycles. The van der Waals surface area contributed by atoms with Crippen LogP contribution in [0.25, 0.3) is 0 Å². The molecule has 0 unspecified atom stereocenters. The molecule has 0 spiro atoms. The van der Waals surface area contributed by atoms with E-state index in [9.17, 15) is 13.2 Å². The van der Waals surface area contributed by atoms with E-state index in [4.69, 9.17) is 23.2 Å². The number of benzene rings is 1. The zero-order valence-electron chi connectivity index (χ0n) is 11.6. The van der Waals surface area contributed by atoms with Crippen molar-refractivity contribution in [3.05, 3.63) is 44.6 Å². The molecule has 118 valence electrons. The maximum atomic E-state index is 12.1. The molecule has 1 aromatic heterocycles. The van der Waals surface area contributed by atoms with Gasteiger partial charge in [-0.05, 0) is 24.3 Å². The molecule has 0 atom stereocenters. The Kier molecular flexibility index (Phi) is 5.14. The highest BCUT2D eigenvalue weighted by Crippen LogP contribution is 2.31. The predicted molar refractivity (Wildman–Crippen MR) is 89.6 cm³/mol. The topological polar surface area (TPSA) is 66.5 Å². The number of anilines is 1. The largest absolute Gasteiger partial charge is 0.322 e. The summed E-state index contributed by atoms with van der Waals surface area (Å²) >= 11 is 12.8. The van der Waals surface area contributed by atoms with Gasteiger partial charge < -0.3 is 5.32 Å². The molecule has 2 rings (SSSR count). The summed E-state index contributed by atoms with van der Waals surface area (Å²) < 4.78 is 25.9. The summed E-state index contributed by atoms with van der Waals surface area (Å²) in [6.07, 6.45) is 0. The number of thiophene rings is 1. The minimum Gasteiger partial charge on any atom is -0.322 e. The molecule has 0 aliphatic rings. The van der Waals surface area contributed by atoms with Crippen LogP contribution >= 0.6 is 34.5 Å². The smallest absolute Gasteiger partial charge is 0.258 e. The fourth-order valence-electron chi connectivity index (χ4n) is 1.64. The molecule has 2 aromatic rings. The summed E-state index contributed by atoms with van der Waals surface area (Å²) in [7, 11) is -0.691. The molecule has 9 heteroatoms. The fraction of sp³-hybridized carbons (Fsp3) is 0.154. The third-order valence-electron chi connectivity index (χ3n) is 2.77. The Morgan fingerprint density at radius 2 is 1.91 bits per heavy atom. The van der Waals surface area contributed by atoms with Crippen molar-refractivity contribution < 1.29 is 13.2 Å². The minimum absolute atomic E-state index is 0.0877. The number of carbonyl (C=O) groups is 1. The normalized spacial score (nSPS) is 11.7. The second-order valence-corrected chi connectivity index (χ2v) is 8.94. The molecule has 0 bridgehead atoms. The molecule has 0 fully saturated rings. The van der Waals surface area contributed by atoms with Gasteiger partial charge in [-0.3, -0.25) is 4.79 Å². The quantitative estimate of drug-likeness (QED) is 0.884. The van der Waals surface area contributed by atoms with E-state index < -0.39 is 15.9 Å². The van der Waals surface area contributed by atoms with E-state index in [1.54, 1.807) is 12.1 Å². The molecular formula is C13H12Cl2N2O3S2. The number of hydrogen-bond donors (Lipinski definition) is 1. The third kappa shape index (κ3) is 3.61.